The molecule has 2 aliphatic rings. The molecule has 1 N–H and O–H groups in total. The summed E-state index contributed by atoms with van der Waals surface area (Å²) in [5, 5.41) is 3.47. The van der Waals surface area contributed by atoms with Gasteiger partial charge in [-0.15, -0.1) is 0 Å². The second-order valence-corrected chi connectivity index (χ2v) is 7.35. The number of hydrogen-bond acceptors (Lipinski definition) is 3. The lowest BCUT2D eigenvalue weighted by atomic mass is 9.75. The molecule has 1 aliphatic heterocycles. The Morgan fingerprint density at radius 1 is 1.21 bits per heavy atom. The van der Waals surface area contributed by atoms with Crippen molar-refractivity contribution in [1.82, 2.24) is 10.2 Å². The summed E-state index contributed by atoms with van der Waals surface area (Å²) in [6, 6.07) is 1.42. The molecule has 3 heteroatoms. The van der Waals surface area contributed by atoms with Gasteiger partial charge in [-0.1, -0.05) is 13.8 Å². The van der Waals surface area contributed by atoms with Gasteiger partial charge in [-0.2, -0.15) is 0 Å². The van der Waals surface area contributed by atoms with Gasteiger partial charge >= 0.3 is 0 Å². The van der Waals surface area contributed by atoms with Crippen molar-refractivity contribution in [3.05, 3.63) is 0 Å². The van der Waals surface area contributed by atoms with Crippen molar-refractivity contribution >= 4 is 0 Å². The number of nitrogens with one attached hydrogen (secondary N) is 1. The lowest BCUT2D eigenvalue weighted by Gasteiger charge is -2.41. The maximum Gasteiger partial charge on any atom is 0.0521 e. The van der Waals surface area contributed by atoms with Crippen molar-refractivity contribution in [2.24, 2.45) is 11.3 Å². The van der Waals surface area contributed by atoms with Crippen molar-refractivity contribution in [3.8, 4) is 0 Å². The molecule has 2 fully saturated rings. The van der Waals surface area contributed by atoms with E-state index in [0.29, 0.717) is 17.4 Å². The summed E-state index contributed by atoms with van der Waals surface area (Å²) in [6.45, 7) is 7.85. The van der Waals surface area contributed by atoms with E-state index in [2.05, 4.69) is 38.2 Å². The van der Waals surface area contributed by atoms with Crippen LogP contribution in [0.2, 0.25) is 0 Å². The van der Waals surface area contributed by atoms with E-state index in [1.165, 1.54) is 32.2 Å². The first-order valence-corrected chi connectivity index (χ1v) is 7.97. The van der Waals surface area contributed by atoms with E-state index < -0.39 is 0 Å². The fraction of sp³-hybridized carbons (Fsp3) is 1.00. The minimum atomic E-state index is 0.568. The molecule has 0 spiro atoms. The largest absolute Gasteiger partial charge is 0.381 e. The van der Waals surface area contributed by atoms with Crippen LogP contribution in [-0.4, -0.2) is 50.8 Å². The molecular formula is C16H32N2O. The quantitative estimate of drug-likeness (QED) is 0.848. The van der Waals surface area contributed by atoms with Gasteiger partial charge in [0.2, 0.25) is 0 Å². The second-order valence-electron chi connectivity index (χ2n) is 7.35. The average Bonchev–Trinajstić information content (AvgIpc) is 2.39. The summed E-state index contributed by atoms with van der Waals surface area (Å²) < 4.78 is 5.67. The third-order valence-electron chi connectivity index (χ3n) is 5.30. The first kappa shape index (κ1) is 15.3. The Morgan fingerprint density at radius 3 is 2.53 bits per heavy atom. The fourth-order valence-corrected chi connectivity index (χ4v) is 3.70. The van der Waals surface area contributed by atoms with Gasteiger partial charge in [0.15, 0.2) is 0 Å². The van der Waals surface area contributed by atoms with Crippen LogP contribution < -0.4 is 5.32 Å². The molecule has 0 amide bonds. The molecule has 112 valence electrons. The Hall–Kier alpha value is -0.120. The van der Waals surface area contributed by atoms with Crippen molar-refractivity contribution in [3.63, 3.8) is 0 Å². The molecule has 19 heavy (non-hydrogen) atoms. The SMILES string of the molecule is CNC1CCOCC1CN(C)C1CCC(C)(C)CC1. The molecule has 2 rings (SSSR count). The predicted octanol–water partition coefficient (Wildman–Crippen LogP) is 2.51. The summed E-state index contributed by atoms with van der Waals surface area (Å²) in [4.78, 5) is 2.60. The summed E-state index contributed by atoms with van der Waals surface area (Å²) in [7, 11) is 4.40. The second kappa shape index (κ2) is 6.55. The minimum absolute atomic E-state index is 0.568. The van der Waals surface area contributed by atoms with E-state index in [1.54, 1.807) is 0 Å². The summed E-state index contributed by atoms with van der Waals surface area (Å²) >= 11 is 0. The summed E-state index contributed by atoms with van der Waals surface area (Å²) in [5.74, 6) is 0.652. The molecule has 1 saturated heterocycles. The third kappa shape index (κ3) is 4.17. The third-order valence-corrected chi connectivity index (χ3v) is 5.30. The Kier molecular flexibility index (Phi) is 5.27. The average molecular weight is 268 g/mol. The molecule has 2 atom stereocenters. The van der Waals surface area contributed by atoms with Gasteiger partial charge in [0.05, 0.1) is 6.61 Å². The minimum Gasteiger partial charge on any atom is -0.381 e. The first-order chi connectivity index (χ1) is 9.02. The Labute approximate surface area is 119 Å². The molecule has 0 radical (unpaired) electrons. The molecule has 0 aromatic rings. The van der Waals surface area contributed by atoms with Gasteiger partial charge in [0, 0.05) is 31.2 Å². The summed E-state index contributed by atoms with van der Waals surface area (Å²) in [6.07, 6.45) is 6.63. The predicted molar refractivity (Wildman–Crippen MR) is 80.4 cm³/mol. The van der Waals surface area contributed by atoms with Crippen molar-refractivity contribution in [1.29, 1.82) is 0 Å². The fourth-order valence-electron chi connectivity index (χ4n) is 3.70. The molecule has 3 nitrogen and oxygen atoms in total. The van der Waals surface area contributed by atoms with Crippen molar-refractivity contribution < 1.29 is 4.74 Å². The van der Waals surface area contributed by atoms with Crippen LogP contribution in [0.15, 0.2) is 0 Å². The molecule has 1 heterocycles. The number of nitrogens with zero attached hydrogens (tertiary/aromatic N) is 1. The van der Waals surface area contributed by atoms with Crippen LogP contribution in [0.4, 0.5) is 0 Å². The highest BCUT2D eigenvalue weighted by Crippen LogP contribution is 2.36. The van der Waals surface area contributed by atoms with E-state index in [0.717, 1.165) is 25.7 Å². The molecule has 1 aliphatic carbocycles. The van der Waals surface area contributed by atoms with Gasteiger partial charge in [-0.3, -0.25) is 0 Å². The lowest BCUT2D eigenvalue weighted by Crippen LogP contribution is -2.48. The topological polar surface area (TPSA) is 24.5 Å². The van der Waals surface area contributed by atoms with Gasteiger partial charge in [-0.25, -0.2) is 0 Å². The Balaban J connectivity index is 1.81. The Morgan fingerprint density at radius 2 is 1.89 bits per heavy atom. The van der Waals surface area contributed by atoms with Crippen molar-refractivity contribution in [2.45, 2.75) is 58.0 Å². The number of hydrogen-bond donors (Lipinski definition) is 1. The highest BCUT2D eigenvalue weighted by molar-refractivity contribution is 4.86. The molecule has 1 saturated carbocycles. The van der Waals surface area contributed by atoms with E-state index in [-0.39, 0.29) is 0 Å². The Bertz CT molecular complexity index is 270. The van der Waals surface area contributed by atoms with Gasteiger partial charge in [-0.05, 0) is 51.6 Å². The zero-order valence-electron chi connectivity index (χ0n) is 13.2. The maximum atomic E-state index is 5.67. The highest BCUT2D eigenvalue weighted by atomic mass is 16.5. The lowest BCUT2D eigenvalue weighted by molar-refractivity contribution is 0.0105. The highest BCUT2D eigenvalue weighted by Gasteiger charge is 2.31. The van der Waals surface area contributed by atoms with Crippen LogP contribution in [0.3, 0.4) is 0 Å². The van der Waals surface area contributed by atoms with Crippen LogP contribution in [0.1, 0.15) is 46.0 Å². The van der Waals surface area contributed by atoms with Crippen LogP contribution in [-0.2, 0) is 4.74 Å². The van der Waals surface area contributed by atoms with E-state index in [4.69, 9.17) is 4.74 Å². The first-order valence-electron chi connectivity index (χ1n) is 7.97. The zero-order chi connectivity index (χ0) is 13.9. The monoisotopic (exact) mass is 268 g/mol. The van der Waals surface area contributed by atoms with Crippen LogP contribution in [0.25, 0.3) is 0 Å². The molecule has 0 aromatic carbocycles. The van der Waals surface area contributed by atoms with E-state index in [9.17, 15) is 0 Å². The maximum absolute atomic E-state index is 5.67. The standard InChI is InChI=1S/C16H32N2O/c1-16(2)8-5-14(6-9-16)18(4)11-13-12-19-10-7-15(13)17-3/h13-15,17H,5-12H2,1-4H3. The molecular weight excluding hydrogens is 236 g/mol. The molecule has 0 aromatic heterocycles. The van der Waals surface area contributed by atoms with Crippen LogP contribution >= 0.6 is 0 Å². The van der Waals surface area contributed by atoms with Gasteiger partial charge < -0.3 is 15.0 Å². The number of ether oxygens (including phenoxy) is 1. The van der Waals surface area contributed by atoms with E-state index >= 15 is 0 Å². The van der Waals surface area contributed by atoms with Crippen LogP contribution in [0.5, 0.6) is 0 Å². The zero-order valence-corrected chi connectivity index (χ0v) is 13.2. The smallest absolute Gasteiger partial charge is 0.0521 e. The normalized spacial score (nSPS) is 32.7. The molecule has 0 bridgehead atoms. The van der Waals surface area contributed by atoms with E-state index in [1.807, 2.05) is 0 Å². The summed E-state index contributed by atoms with van der Waals surface area (Å²) in [5.41, 5.74) is 0.568. The van der Waals surface area contributed by atoms with Gasteiger partial charge in [0.1, 0.15) is 0 Å². The number of rotatable bonds is 4. The molecule has 2 unspecified atom stereocenters. The van der Waals surface area contributed by atoms with Crippen molar-refractivity contribution in [2.75, 3.05) is 33.9 Å². The van der Waals surface area contributed by atoms with Crippen LogP contribution in [0, 0.1) is 11.3 Å². The van der Waals surface area contributed by atoms with Gasteiger partial charge in [0.25, 0.3) is 0 Å².